The fourth-order valence-corrected chi connectivity index (χ4v) is 4.95. The van der Waals surface area contributed by atoms with Crippen LogP contribution in [0.1, 0.15) is 19.3 Å². The number of carbonyl (C=O) groups is 2. The maximum atomic E-state index is 12.6. The topological polar surface area (TPSA) is 82.3 Å². The van der Waals surface area contributed by atoms with Gasteiger partial charge in [0.05, 0.1) is 16.1 Å². The number of rotatable bonds is 3. The van der Waals surface area contributed by atoms with Gasteiger partial charge in [0.15, 0.2) is 0 Å². The Morgan fingerprint density at radius 3 is 2.88 bits per heavy atom. The van der Waals surface area contributed by atoms with Crippen molar-refractivity contribution in [2.75, 3.05) is 16.9 Å². The van der Waals surface area contributed by atoms with Crippen molar-refractivity contribution in [2.45, 2.75) is 25.3 Å². The molecule has 2 fully saturated rings. The Morgan fingerprint density at radius 1 is 1.29 bits per heavy atom. The summed E-state index contributed by atoms with van der Waals surface area (Å²) in [5.41, 5.74) is 1.41. The SMILES string of the molecule is O=C(Nc1ccc2[nH]c(=O)sc2c1)[C@H]1CSCN1C(=O)C1CCC1. The van der Waals surface area contributed by atoms with E-state index < -0.39 is 6.04 Å². The van der Waals surface area contributed by atoms with E-state index in [1.807, 2.05) is 0 Å². The van der Waals surface area contributed by atoms with Crippen LogP contribution in [0.15, 0.2) is 23.0 Å². The average molecular weight is 363 g/mol. The summed E-state index contributed by atoms with van der Waals surface area (Å²) in [6.45, 7) is 0. The van der Waals surface area contributed by atoms with Gasteiger partial charge in [0.25, 0.3) is 0 Å². The maximum Gasteiger partial charge on any atom is 0.305 e. The quantitative estimate of drug-likeness (QED) is 0.876. The number of hydrogen-bond acceptors (Lipinski definition) is 5. The minimum Gasteiger partial charge on any atom is -0.324 e. The second-order valence-corrected chi connectivity index (χ2v) is 8.18. The van der Waals surface area contributed by atoms with Crippen LogP contribution in [0.4, 0.5) is 5.69 Å². The molecule has 1 aromatic carbocycles. The summed E-state index contributed by atoms with van der Waals surface area (Å²) >= 11 is 2.73. The number of benzene rings is 1. The first-order chi connectivity index (χ1) is 11.6. The Morgan fingerprint density at radius 2 is 2.12 bits per heavy atom. The van der Waals surface area contributed by atoms with Gasteiger partial charge in [0, 0.05) is 17.4 Å². The Bertz CT molecular complexity index is 856. The lowest BCUT2D eigenvalue weighted by Crippen LogP contribution is -2.47. The number of thiazole rings is 1. The molecule has 2 aliphatic rings. The molecule has 1 atom stereocenters. The van der Waals surface area contributed by atoms with E-state index >= 15 is 0 Å². The standard InChI is InChI=1S/C16H17N3O3S2/c20-14(12-7-23-8-19(12)15(21)9-2-1-3-9)17-10-4-5-11-13(6-10)24-16(22)18-11/h4-6,9,12H,1-3,7-8H2,(H,17,20)(H,18,22)/t12-/m1/s1. The number of nitrogens with one attached hydrogen (secondary N) is 2. The summed E-state index contributed by atoms with van der Waals surface area (Å²) in [6.07, 6.45) is 2.99. The van der Waals surface area contributed by atoms with Crippen LogP contribution in [-0.4, -0.2) is 39.4 Å². The van der Waals surface area contributed by atoms with Crippen LogP contribution in [0.2, 0.25) is 0 Å². The van der Waals surface area contributed by atoms with E-state index in [0.717, 1.165) is 40.8 Å². The molecule has 4 rings (SSSR count). The molecule has 0 bridgehead atoms. The Labute approximate surface area is 146 Å². The molecule has 2 heterocycles. The van der Waals surface area contributed by atoms with Crippen molar-refractivity contribution in [3.05, 3.63) is 27.9 Å². The zero-order valence-electron chi connectivity index (χ0n) is 12.9. The molecule has 6 nitrogen and oxygen atoms in total. The largest absolute Gasteiger partial charge is 0.324 e. The second-order valence-electron chi connectivity index (χ2n) is 6.17. The first-order valence-corrected chi connectivity index (χ1v) is 9.91. The van der Waals surface area contributed by atoms with Gasteiger partial charge in [-0.3, -0.25) is 14.4 Å². The van der Waals surface area contributed by atoms with E-state index in [2.05, 4.69) is 10.3 Å². The number of amides is 2. The number of carbonyl (C=O) groups excluding carboxylic acids is 2. The van der Waals surface area contributed by atoms with Crippen LogP contribution in [0, 0.1) is 5.92 Å². The number of aromatic nitrogens is 1. The molecule has 1 aliphatic carbocycles. The molecule has 1 aromatic heterocycles. The Kier molecular flexibility index (Phi) is 4.09. The van der Waals surface area contributed by atoms with Gasteiger partial charge in [0.2, 0.25) is 11.8 Å². The van der Waals surface area contributed by atoms with Crippen molar-refractivity contribution < 1.29 is 9.59 Å². The van der Waals surface area contributed by atoms with E-state index in [4.69, 9.17) is 0 Å². The number of nitrogens with zero attached hydrogens (tertiary/aromatic N) is 1. The number of thioether (sulfide) groups is 1. The highest BCUT2D eigenvalue weighted by Crippen LogP contribution is 2.32. The van der Waals surface area contributed by atoms with Crippen LogP contribution >= 0.6 is 23.1 Å². The molecule has 2 amide bonds. The molecular formula is C16H17N3O3S2. The molecule has 1 saturated heterocycles. The maximum absolute atomic E-state index is 12.6. The van der Waals surface area contributed by atoms with Gasteiger partial charge in [-0.15, -0.1) is 11.8 Å². The number of anilines is 1. The minimum absolute atomic E-state index is 0.104. The smallest absolute Gasteiger partial charge is 0.305 e. The van der Waals surface area contributed by atoms with Crippen molar-refractivity contribution in [1.82, 2.24) is 9.88 Å². The monoisotopic (exact) mass is 363 g/mol. The van der Waals surface area contributed by atoms with Crippen molar-refractivity contribution in [1.29, 1.82) is 0 Å². The lowest BCUT2D eigenvalue weighted by molar-refractivity contribution is -0.141. The Balaban J connectivity index is 1.49. The zero-order chi connectivity index (χ0) is 16.7. The second kappa shape index (κ2) is 6.25. The highest BCUT2D eigenvalue weighted by Gasteiger charge is 2.39. The summed E-state index contributed by atoms with van der Waals surface area (Å²) in [7, 11) is 0. The van der Waals surface area contributed by atoms with Gasteiger partial charge >= 0.3 is 4.87 Å². The number of hydrogen-bond donors (Lipinski definition) is 2. The van der Waals surface area contributed by atoms with Gasteiger partial charge in [-0.1, -0.05) is 17.8 Å². The molecule has 2 aromatic rings. The summed E-state index contributed by atoms with van der Waals surface area (Å²) < 4.78 is 0.806. The summed E-state index contributed by atoms with van der Waals surface area (Å²) in [5.74, 6) is 1.28. The third-order valence-corrected chi connectivity index (χ3v) is 6.47. The molecule has 0 unspecified atom stereocenters. The van der Waals surface area contributed by atoms with E-state index in [1.54, 1.807) is 34.9 Å². The van der Waals surface area contributed by atoms with Gasteiger partial charge in [-0.05, 0) is 31.0 Å². The lowest BCUT2D eigenvalue weighted by Gasteiger charge is -2.31. The van der Waals surface area contributed by atoms with E-state index in [1.165, 1.54) is 0 Å². The molecule has 0 spiro atoms. The molecule has 1 aliphatic heterocycles. The molecule has 1 saturated carbocycles. The molecule has 0 radical (unpaired) electrons. The zero-order valence-corrected chi connectivity index (χ0v) is 14.5. The Hall–Kier alpha value is -1.80. The van der Waals surface area contributed by atoms with Crippen molar-refractivity contribution in [3.8, 4) is 0 Å². The van der Waals surface area contributed by atoms with Gasteiger partial charge < -0.3 is 15.2 Å². The number of aromatic amines is 1. The van der Waals surface area contributed by atoms with Crippen LogP contribution in [0.5, 0.6) is 0 Å². The van der Waals surface area contributed by atoms with Crippen molar-refractivity contribution >= 4 is 50.8 Å². The molecule has 2 N–H and O–H groups in total. The molecule has 24 heavy (non-hydrogen) atoms. The predicted molar refractivity (Wildman–Crippen MR) is 96.4 cm³/mol. The number of H-pyrrole nitrogens is 1. The van der Waals surface area contributed by atoms with Gasteiger partial charge in [-0.25, -0.2) is 0 Å². The molecule has 8 heteroatoms. The van der Waals surface area contributed by atoms with E-state index in [0.29, 0.717) is 17.3 Å². The van der Waals surface area contributed by atoms with Crippen LogP contribution in [0.3, 0.4) is 0 Å². The van der Waals surface area contributed by atoms with Crippen LogP contribution in [-0.2, 0) is 9.59 Å². The molecule has 126 valence electrons. The first kappa shape index (κ1) is 15.7. The fourth-order valence-electron chi connectivity index (χ4n) is 3.02. The van der Waals surface area contributed by atoms with Crippen LogP contribution < -0.4 is 10.2 Å². The van der Waals surface area contributed by atoms with E-state index in [-0.39, 0.29) is 22.6 Å². The lowest BCUT2D eigenvalue weighted by atomic mass is 9.84. The highest BCUT2D eigenvalue weighted by molar-refractivity contribution is 7.99. The highest BCUT2D eigenvalue weighted by atomic mass is 32.2. The third kappa shape index (κ3) is 2.84. The predicted octanol–water partition coefficient (Wildman–Crippen LogP) is 2.23. The number of fused-ring (bicyclic) bond motifs is 1. The minimum atomic E-state index is -0.413. The van der Waals surface area contributed by atoms with Crippen LogP contribution in [0.25, 0.3) is 10.2 Å². The fraction of sp³-hybridized carbons (Fsp3) is 0.438. The summed E-state index contributed by atoms with van der Waals surface area (Å²) in [5, 5.41) is 2.89. The first-order valence-electron chi connectivity index (χ1n) is 7.94. The third-order valence-electron chi connectivity index (χ3n) is 4.61. The summed E-state index contributed by atoms with van der Waals surface area (Å²) in [6, 6.07) is 4.92. The average Bonchev–Trinajstić information content (AvgIpc) is 3.10. The van der Waals surface area contributed by atoms with Gasteiger partial charge in [0.1, 0.15) is 6.04 Å². The normalized spacial score (nSPS) is 21.0. The molecular weight excluding hydrogens is 346 g/mol. The van der Waals surface area contributed by atoms with Crippen molar-refractivity contribution in [3.63, 3.8) is 0 Å². The summed E-state index contributed by atoms with van der Waals surface area (Å²) in [4.78, 5) is 40.8. The van der Waals surface area contributed by atoms with E-state index in [9.17, 15) is 14.4 Å². The van der Waals surface area contributed by atoms with Gasteiger partial charge in [-0.2, -0.15) is 0 Å². The van der Waals surface area contributed by atoms with Crippen molar-refractivity contribution in [2.24, 2.45) is 5.92 Å².